The van der Waals surface area contributed by atoms with Crippen LogP contribution in [0.4, 0.5) is 0 Å². The second-order valence-corrected chi connectivity index (χ2v) is 8.61. The molecule has 3 aliphatic rings. The molecular weight excluding hydrogens is 352 g/mol. The average molecular weight is 385 g/mol. The summed E-state index contributed by atoms with van der Waals surface area (Å²) in [5.41, 5.74) is 0.736. The third kappa shape index (κ3) is 4.50. The number of benzene rings is 1. The summed E-state index contributed by atoms with van der Waals surface area (Å²) in [6, 6.07) is 7.53. The van der Waals surface area contributed by atoms with Crippen LogP contribution in [0.5, 0.6) is 5.75 Å². The van der Waals surface area contributed by atoms with Crippen molar-refractivity contribution in [3.05, 3.63) is 29.8 Å². The van der Waals surface area contributed by atoms with E-state index in [0.717, 1.165) is 76.0 Å². The maximum atomic E-state index is 12.7. The van der Waals surface area contributed by atoms with E-state index in [9.17, 15) is 9.59 Å². The Labute approximate surface area is 168 Å². The van der Waals surface area contributed by atoms with Crippen LogP contribution in [0, 0.1) is 11.8 Å². The van der Waals surface area contributed by atoms with Crippen LogP contribution < -0.4 is 4.74 Å². The predicted molar refractivity (Wildman–Crippen MR) is 108 cm³/mol. The minimum absolute atomic E-state index is 0.123. The van der Waals surface area contributed by atoms with Gasteiger partial charge in [-0.3, -0.25) is 9.59 Å². The first-order valence-corrected chi connectivity index (χ1v) is 11.0. The summed E-state index contributed by atoms with van der Waals surface area (Å²) in [6.45, 7) is 4.09. The summed E-state index contributed by atoms with van der Waals surface area (Å²) in [5, 5.41) is 0. The third-order valence-electron chi connectivity index (χ3n) is 6.52. The standard InChI is InChI=1S/C23H32N2O3/c26-22(24-13-3-4-14-24)20-9-11-21(12-10-20)28-17-18-6-5-15-25(16-18)23(27)19-7-1-2-8-19/h9-12,18-19H,1-8,13-17H2. The van der Waals surface area contributed by atoms with E-state index in [4.69, 9.17) is 4.74 Å². The average Bonchev–Trinajstić information content (AvgIpc) is 3.46. The quantitative estimate of drug-likeness (QED) is 0.777. The van der Waals surface area contributed by atoms with Crippen LogP contribution >= 0.6 is 0 Å². The normalized spacial score (nSPS) is 23.2. The lowest BCUT2D eigenvalue weighted by Gasteiger charge is -2.34. The Morgan fingerprint density at radius 1 is 0.857 bits per heavy atom. The fraction of sp³-hybridized carbons (Fsp3) is 0.652. The van der Waals surface area contributed by atoms with E-state index < -0.39 is 0 Å². The Balaban J connectivity index is 1.26. The molecule has 1 aromatic carbocycles. The zero-order valence-corrected chi connectivity index (χ0v) is 16.8. The summed E-state index contributed by atoms with van der Waals surface area (Å²) < 4.78 is 6.00. The van der Waals surface area contributed by atoms with E-state index >= 15 is 0 Å². The number of carbonyl (C=O) groups excluding carboxylic acids is 2. The second-order valence-electron chi connectivity index (χ2n) is 8.61. The molecule has 5 heteroatoms. The van der Waals surface area contributed by atoms with Crippen molar-refractivity contribution in [1.29, 1.82) is 0 Å². The van der Waals surface area contributed by atoms with Crippen LogP contribution in [0.15, 0.2) is 24.3 Å². The van der Waals surface area contributed by atoms with Crippen LogP contribution in [0.2, 0.25) is 0 Å². The molecule has 4 rings (SSSR count). The van der Waals surface area contributed by atoms with Gasteiger partial charge in [0.1, 0.15) is 5.75 Å². The van der Waals surface area contributed by atoms with Crippen molar-refractivity contribution in [1.82, 2.24) is 9.80 Å². The maximum Gasteiger partial charge on any atom is 0.253 e. The fourth-order valence-electron chi connectivity index (χ4n) is 4.84. The minimum atomic E-state index is 0.123. The number of hydrogen-bond acceptors (Lipinski definition) is 3. The molecule has 2 amide bonds. The fourth-order valence-corrected chi connectivity index (χ4v) is 4.84. The third-order valence-corrected chi connectivity index (χ3v) is 6.52. The summed E-state index contributed by atoms with van der Waals surface area (Å²) in [7, 11) is 0. The molecule has 0 radical (unpaired) electrons. The van der Waals surface area contributed by atoms with Gasteiger partial charge < -0.3 is 14.5 Å². The highest BCUT2D eigenvalue weighted by atomic mass is 16.5. The number of nitrogens with zero attached hydrogens (tertiary/aromatic N) is 2. The lowest BCUT2D eigenvalue weighted by Crippen LogP contribution is -2.43. The van der Waals surface area contributed by atoms with Gasteiger partial charge in [0, 0.05) is 43.6 Å². The molecule has 1 unspecified atom stereocenters. The van der Waals surface area contributed by atoms with E-state index in [0.29, 0.717) is 18.4 Å². The highest BCUT2D eigenvalue weighted by Gasteiger charge is 2.30. The maximum absolute atomic E-state index is 12.7. The topological polar surface area (TPSA) is 49.9 Å². The van der Waals surface area contributed by atoms with Crippen molar-refractivity contribution < 1.29 is 14.3 Å². The number of ether oxygens (including phenoxy) is 1. The molecule has 2 saturated heterocycles. The zero-order chi connectivity index (χ0) is 19.3. The van der Waals surface area contributed by atoms with E-state index in [2.05, 4.69) is 4.90 Å². The number of rotatable bonds is 5. The Hall–Kier alpha value is -2.04. The number of piperidine rings is 1. The predicted octanol–water partition coefficient (Wildman–Crippen LogP) is 3.73. The van der Waals surface area contributed by atoms with Gasteiger partial charge in [-0.05, 0) is 62.8 Å². The summed E-state index contributed by atoms with van der Waals surface area (Å²) in [4.78, 5) is 29.1. The molecule has 0 aromatic heterocycles. The van der Waals surface area contributed by atoms with Gasteiger partial charge in [0.2, 0.25) is 5.91 Å². The number of likely N-dealkylation sites (tertiary alicyclic amines) is 2. The van der Waals surface area contributed by atoms with Crippen LogP contribution in [0.1, 0.15) is 61.7 Å². The smallest absolute Gasteiger partial charge is 0.253 e. The molecule has 0 N–H and O–H groups in total. The lowest BCUT2D eigenvalue weighted by atomic mass is 9.96. The Kier molecular flexibility index (Phi) is 6.18. The van der Waals surface area contributed by atoms with E-state index in [1.54, 1.807) is 0 Å². The van der Waals surface area contributed by atoms with E-state index in [-0.39, 0.29) is 11.8 Å². The Bertz CT molecular complexity index is 676. The monoisotopic (exact) mass is 384 g/mol. The molecule has 3 fully saturated rings. The van der Waals surface area contributed by atoms with Gasteiger partial charge in [0.05, 0.1) is 6.61 Å². The summed E-state index contributed by atoms with van der Waals surface area (Å²) >= 11 is 0. The molecule has 2 aliphatic heterocycles. The van der Waals surface area contributed by atoms with Crippen LogP contribution in [-0.2, 0) is 4.79 Å². The molecule has 28 heavy (non-hydrogen) atoms. The van der Waals surface area contributed by atoms with Crippen molar-refractivity contribution in [2.24, 2.45) is 11.8 Å². The zero-order valence-electron chi connectivity index (χ0n) is 16.8. The Morgan fingerprint density at radius 3 is 2.25 bits per heavy atom. The van der Waals surface area contributed by atoms with Crippen molar-refractivity contribution in [3.8, 4) is 5.75 Å². The van der Waals surface area contributed by atoms with Crippen LogP contribution in [-0.4, -0.2) is 54.4 Å². The molecule has 152 valence electrons. The van der Waals surface area contributed by atoms with Crippen molar-refractivity contribution in [2.45, 2.75) is 51.4 Å². The van der Waals surface area contributed by atoms with Gasteiger partial charge in [0.25, 0.3) is 5.91 Å². The SMILES string of the molecule is O=C(c1ccc(OCC2CCCN(C(=O)C3CCCC3)C2)cc1)N1CCCC1. The van der Waals surface area contributed by atoms with Gasteiger partial charge in [-0.2, -0.15) is 0 Å². The first-order valence-electron chi connectivity index (χ1n) is 11.0. The molecule has 0 bridgehead atoms. The van der Waals surface area contributed by atoms with E-state index in [1.165, 1.54) is 12.8 Å². The minimum Gasteiger partial charge on any atom is -0.493 e. The second kappa shape index (κ2) is 8.97. The highest BCUT2D eigenvalue weighted by Crippen LogP contribution is 2.29. The van der Waals surface area contributed by atoms with Gasteiger partial charge in [0.15, 0.2) is 0 Å². The molecular formula is C23H32N2O3. The van der Waals surface area contributed by atoms with Gasteiger partial charge in [-0.15, -0.1) is 0 Å². The van der Waals surface area contributed by atoms with Gasteiger partial charge in [-0.1, -0.05) is 12.8 Å². The van der Waals surface area contributed by atoms with Crippen molar-refractivity contribution >= 4 is 11.8 Å². The molecule has 2 heterocycles. The molecule has 1 aliphatic carbocycles. The molecule has 1 atom stereocenters. The van der Waals surface area contributed by atoms with Crippen LogP contribution in [0.25, 0.3) is 0 Å². The molecule has 1 saturated carbocycles. The van der Waals surface area contributed by atoms with Crippen LogP contribution in [0.3, 0.4) is 0 Å². The highest BCUT2D eigenvalue weighted by molar-refractivity contribution is 5.94. The Morgan fingerprint density at radius 2 is 1.54 bits per heavy atom. The van der Waals surface area contributed by atoms with E-state index in [1.807, 2.05) is 29.2 Å². The summed E-state index contributed by atoms with van der Waals surface area (Å²) in [5.74, 6) is 1.95. The number of amides is 2. The van der Waals surface area contributed by atoms with Crippen molar-refractivity contribution in [2.75, 3.05) is 32.8 Å². The first kappa shape index (κ1) is 19.3. The molecule has 1 aromatic rings. The van der Waals surface area contributed by atoms with Crippen molar-refractivity contribution in [3.63, 3.8) is 0 Å². The first-order chi connectivity index (χ1) is 13.7. The number of carbonyl (C=O) groups is 2. The van der Waals surface area contributed by atoms with Gasteiger partial charge in [-0.25, -0.2) is 0 Å². The molecule has 0 spiro atoms. The lowest BCUT2D eigenvalue weighted by molar-refractivity contribution is -0.137. The summed E-state index contributed by atoms with van der Waals surface area (Å²) in [6.07, 6.45) is 8.93. The molecule has 5 nitrogen and oxygen atoms in total. The largest absolute Gasteiger partial charge is 0.493 e. The van der Waals surface area contributed by atoms with Gasteiger partial charge >= 0.3 is 0 Å². The number of hydrogen-bond donors (Lipinski definition) is 0.